The molecule has 1 aliphatic carbocycles. The molecule has 120 valence electrons. The maximum absolute atomic E-state index is 13.4. The van der Waals surface area contributed by atoms with Crippen LogP contribution in [-0.4, -0.2) is 24.2 Å². The van der Waals surface area contributed by atoms with Gasteiger partial charge >= 0.3 is 0 Å². The Hall–Kier alpha value is -2.42. The lowest BCUT2D eigenvalue weighted by molar-refractivity contribution is 0.0614. The molecule has 0 unspecified atom stereocenters. The zero-order chi connectivity index (χ0) is 16.3. The van der Waals surface area contributed by atoms with Gasteiger partial charge in [0.25, 0.3) is 0 Å². The summed E-state index contributed by atoms with van der Waals surface area (Å²) >= 11 is 0. The highest BCUT2D eigenvalue weighted by Crippen LogP contribution is 2.51. The number of anilines is 1. The zero-order valence-electron chi connectivity index (χ0n) is 13.5. The average Bonchev–Trinajstić information content (AvgIpc) is 2.85. The summed E-state index contributed by atoms with van der Waals surface area (Å²) in [4.78, 5) is 29.1. The molecule has 2 aromatic rings. The van der Waals surface area contributed by atoms with E-state index in [9.17, 15) is 9.59 Å². The molecule has 2 aromatic carbocycles. The standard InChI is InChI=1S/C21H19NO2/c23-19-15-8-2-3-9-16(15)20(24)21(19)13-14-7-1-4-10-17(14)22-12-6-5-11-18(21)22/h1-4,7-10,18H,5-6,11-13H2/t18-/m0/s1. The van der Waals surface area contributed by atoms with Gasteiger partial charge < -0.3 is 4.90 Å². The van der Waals surface area contributed by atoms with Crippen molar-refractivity contribution in [2.45, 2.75) is 31.7 Å². The first-order valence-corrected chi connectivity index (χ1v) is 8.77. The highest BCUT2D eigenvalue weighted by atomic mass is 16.2. The quantitative estimate of drug-likeness (QED) is 0.696. The summed E-state index contributed by atoms with van der Waals surface area (Å²) in [6, 6.07) is 15.6. The molecule has 5 rings (SSSR count). The topological polar surface area (TPSA) is 37.4 Å². The van der Waals surface area contributed by atoms with Crippen molar-refractivity contribution in [2.24, 2.45) is 5.41 Å². The summed E-state index contributed by atoms with van der Waals surface area (Å²) in [7, 11) is 0. The normalized spacial score (nSPS) is 23.8. The van der Waals surface area contributed by atoms with Crippen LogP contribution in [0.5, 0.6) is 0 Å². The Morgan fingerprint density at radius 1 is 0.875 bits per heavy atom. The largest absolute Gasteiger partial charge is 0.367 e. The Balaban J connectivity index is 1.74. The van der Waals surface area contributed by atoms with Gasteiger partial charge in [0.1, 0.15) is 5.41 Å². The second kappa shape index (κ2) is 4.79. The van der Waals surface area contributed by atoms with Gasteiger partial charge in [0, 0.05) is 29.4 Å². The van der Waals surface area contributed by atoms with Crippen molar-refractivity contribution < 1.29 is 9.59 Å². The second-order valence-electron chi connectivity index (χ2n) is 7.19. The maximum Gasteiger partial charge on any atom is 0.179 e. The Morgan fingerprint density at radius 3 is 2.29 bits per heavy atom. The van der Waals surface area contributed by atoms with E-state index < -0.39 is 5.41 Å². The monoisotopic (exact) mass is 317 g/mol. The number of benzene rings is 2. The second-order valence-corrected chi connectivity index (χ2v) is 7.19. The summed E-state index contributed by atoms with van der Waals surface area (Å²) in [5.74, 6) is 0.0732. The van der Waals surface area contributed by atoms with Crippen LogP contribution in [0.1, 0.15) is 45.5 Å². The van der Waals surface area contributed by atoms with Crippen LogP contribution in [0.3, 0.4) is 0 Å². The summed E-state index contributed by atoms with van der Waals surface area (Å²) < 4.78 is 0. The van der Waals surface area contributed by atoms with Gasteiger partial charge in [0.05, 0.1) is 0 Å². The van der Waals surface area contributed by atoms with Gasteiger partial charge in [-0.3, -0.25) is 9.59 Å². The van der Waals surface area contributed by atoms with Crippen LogP contribution >= 0.6 is 0 Å². The van der Waals surface area contributed by atoms with Crippen molar-refractivity contribution >= 4 is 17.3 Å². The van der Waals surface area contributed by atoms with Crippen LogP contribution in [0.25, 0.3) is 0 Å². The summed E-state index contributed by atoms with van der Waals surface area (Å²) in [6.07, 6.45) is 3.66. The highest BCUT2D eigenvalue weighted by Gasteiger charge is 2.61. The van der Waals surface area contributed by atoms with E-state index in [0.29, 0.717) is 17.5 Å². The van der Waals surface area contributed by atoms with Crippen LogP contribution in [-0.2, 0) is 6.42 Å². The number of hydrogen-bond acceptors (Lipinski definition) is 3. The lowest BCUT2D eigenvalue weighted by atomic mass is 9.65. The molecule has 0 N–H and O–H groups in total. The van der Waals surface area contributed by atoms with Crippen molar-refractivity contribution in [3.8, 4) is 0 Å². The molecular weight excluding hydrogens is 298 g/mol. The molecule has 24 heavy (non-hydrogen) atoms. The molecule has 0 saturated carbocycles. The first-order valence-electron chi connectivity index (χ1n) is 8.77. The van der Waals surface area contributed by atoms with Gasteiger partial charge in [-0.2, -0.15) is 0 Å². The van der Waals surface area contributed by atoms with Crippen molar-refractivity contribution in [1.29, 1.82) is 0 Å². The molecule has 0 amide bonds. The van der Waals surface area contributed by atoms with Gasteiger partial charge in [-0.25, -0.2) is 0 Å². The molecule has 0 radical (unpaired) electrons. The summed E-state index contributed by atoms with van der Waals surface area (Å²) in [5, 5.41) is 0. The maximum atomic E-state index is 13.4. The van der Waals surface area contributed by atoms with E-state index in [1.807, 2.05) is 30.3 Å². The number of piperidine rings is 1. The first kappa shape index (κ1) is 14.0. The van der Waals surface area contributed by atoms with Gasteiger partial charge in [0.2, 0.25) is 0 Å². The third-order valence-corrected chi connectivity index (χ3v) is 6.07. The van der Waals surface area contributed by atoms with E-state index >= 15 is 0 Å². The van der Waals surface area contributed by atoms with Crippen LogP contribution in [0.4, 0.5) is 5.69 Å². The van der Waals surface area contributed by atoms with Gasteiger partial charge in [-0.05, 0) is 37.3 Å². The highest BCUT2D eigenvalue weighted by molar-refractivity contribution is 6.30. The Bertz CT molecular complexity index is 835. The smallest absolute Gasteiger partial charge is 0.179 e. The minimum absolute atomic E-state index is 0.00597. The summed E-state index contributed by atoms with van der Waals surface area (Å²) in [5.41, 5.74) is 2.66. The number of carbonyl (C=O) groups excluding carboxylic acids is 2. The van der Waals surface area contributed by atoms with E-state index in [-0.39, 0.29) is 17.6 Å². The fourth-order valence-corrected chi connectivity index (χ4v) is 5.02. The Labute approximate surface area is 141 Å². The van der Waals surface area contributed by atoms with E-state index in [4.69, 9.17) is 0 Å². The van der Waals surface area contributed by atoms with E-state index in [2.05, 4.69) is 23.1 Å². The van der Waals surface area contributed by atoms with Gasteiger partial charge in [0.15, 0.2) is 11.6 Å². The molecule has 3 aliphatic rings. The molecule has 3 heteroatoms. The molecule has 2 aliphatic heterocycles. The number of carbonyl (C=O) groups is 2. The number of fused-ring (bicyclic) bond motifs is 5. The predicted molar refractivity (Wildman–Crippen MR) is 92.7 cm³/mol. The molecule has 2 heterocycles. The number of nitrogens with zero attached hydrogens (tertiary/aromatic N) is 1. The van der Waals surface area contributed by atoms with E-state index in [1.165, 1.54) is 5.69 Å². The van der Waals surface area contributed by atoms with Crippen LogP contribution in [0.2, 0.25) is 0 Å². The molecule has 1 spiro atoms. The minimum atomic E-state index is -0.918. The Morgan fingerprint density at radius 2 is 1.54 bits per heavy atom. The number of ketones is 2. The molecule has 1 saturated heterocycles. The lowest BCUT2D eigenvalue weighted by Gasteiger charge is -2.50. The van der Waals surface area contributed by atoms with Crippen molar-refractivity contribution in [3.05, 3.63) is 65.2 Å². The molecule has 1 atom stereocenters. The fraction of sp³-hybridized carbons (Fsp3) is 0.333. The summed E-state index contributed by atoms with van der Waals surface area (Å²) in [6.45, 7) is 0.931. The van der Waals surface area contributed by atoms with E-state index in [1.54, 1.807) is 0 Å². The number of para-hydroxylation sites is 1. The van der Waals surface area contributed by atoms with Crippen molar-refractivity contribution in [1.82, 2.24) is 0 Å². The zero-order valence-corrected chi connectivity index (χ0v) is 13.5. The van der Waals surface area contributed by atoms with E-state index in [0.717, 1.165) is 31.4 Å². The van der Waals surface area contributed by atoms with Gasteiger partial charge in [-0.15, -0.1) is 0 Å². The SMILES string of the molecule is O=C1c2ccccc2C(=O)C12Cc1ccccc1N1CCCC[C@H]12. The average molecular weight is 317 g/mol. The fourth-order valence-electron chi connectivity index (χ4n) is 5.02. The van der Waals surface area contributed by atoms with Crippen molar-refractivity contribution in [3.63, 3.8) is 0 Å². The molecule has 0 aromatic heterocycles. The van der Waals surface area contributed by atoms with Crippen molar-refractivity contribution in [2.75, 3.05) is 11.4 Å². The lowest BCUT2D eigenvalue weighted by Crippen LogP contribution is -2.59. The molecule has 3 nitrogen and oxygen atoms in total. The third-order valence-electron chi connectivity index (χ3n) is 6.07. The minimum Gasteiger partial charge on any atom is -0.367 e. The molecule has 0 bridgehead atoms. The molecule has 1 fully saturated rings. The van der Waals surface area contributed by atoms with Crippen LogP contribution in [0, 0.1) is 5.41 Å². The number of hydrogen-bond donors (Lipinski definition) is 0. The number of Topliss-reactive ketones (excluding diaryl/α,β-unsaturated/α-hetero) is 2. The molecular formula is C21H19NO2. The van der Waals surface area contributed by atoms with Crippen LogP contribution in [0.15, 0.2) is 48.5 Å². The Kier molecular flexibility index (Phi) is 2.79. The number of rotatable bonds is 0. The first-order chi connectivity index (χ1) is 11.7. The predicted octanol–water partition coefficient (Wildman–Crippen LogP) is 3.67. The van der Waals surface area contributed by atoms with Crippen LogP contribution < -0.4 is 4.90 Å². The third kappa shape index (κ3) is 1.57. The van der Waals surface area contributed by atoms with Gasteiger partial charge in [-0.1, -0.05) is 42.5 Å².